The molecule has 3 N–H and O–H groups in total. The van der Waals surface area contributed by atoms with E-state index in [0.717, 1.165) is 30.1 Å². The zero-order chi connectivity index (χ0) is 14.4. The first-order chi connectivity index (χ1) is 9.67. The van der Waals surface area contributed by atoms with Gasteiger partial charge < -0.3 is 20.3 Å². The Balaban J connectivity index is 1.80. The lowest BCUT2D eigenvalue weighted by Gasteiger charge is -2.24. The molecule has 1 aromatic rings. The maximum atomic E-state index is 10.1. The van der Waals surface area contributed by atoms with Crippen molar-refractivity contribution in [2.45, 2.75) is 36.7 Å². The van der Waals surface area contributed by atoms with Gasteiger partial charge in [0.25, 0.3) is 0 Å². The van der Waals surface area contributed by atoms with Gasteiger partial charge in [0.2, 0.25) is 0 Å². The minimum atomic E-state index is -0.701. The summed E-state index contributed by atoms with van der Waals surface area (Å²) in [4.78, 5) is 1.17. The lowest BCUT2D eigenvalue weighted by atomic mass is 9.95. The number of thioether (sulfide) groups is 1. The second-order valence-corrected chi connectivity index (χ2v) is 6.21. The Morgan fingerprint density at radius 2 is 2.05 bits per heavy atom. The van der Waals surface area contributed by atoms with E-state index in [4.69, 9.17) is 15.2 Å². The van der Waals surface area contributed by atoms with Gasteiger partial charge in [-0.3, -0.25) is 0 Å². The highest BCUT2D eigenvalue weighted by molar-refractivity contribution is 7.99. The first kappa shape index (κ1) is 15.5. The van der Waals surface area contributed by atoms with Crippen LogP contribution >= 0.6 is 11.8 Å². The summed E-state index contributed by atoms with van der Waals surface area (Å²) in [6.07, 6.45) is 2.40. The number of hydrogen-bond acceptors (Lipinski definition) is 5. The molecule has 5 heteroatoms. The Labute approximate surface area is 124 Å². The van der Waals surface area contributed by atoms with Crippen molar-refractivity contribution in [1.29, 1.82) is 0 Å². The third-order valence-electron chi connectivity index (χ3n) is 3.61. The molecule has 112 valence electrons. The summed E-state index contributed by atoms with van der Waals surface area (Å²) in [7, 11) is 0. The topological polar surface area (TPSA) is 64.7 Å². The molecule has 1 aliphatic rings. The summed E-state index contributed by atoms with van der Waals surface area (Å²) >= 11 is 1.77. The molecule has 20 heavy (non-hydrogen) atoms. The smallest absolute Gasteiger partial charge is 0.162 e. The standard InChI is InChI=1S/C15H23NO3S/c1-2-15(17,11-16)6-3-9-20-12-4-5-13-14(10-12)19-8-7-18-13/h4-5,10,17H,2-3,6-9,11,16H2,1H3. The van der Waals surface area contributed by atoms with E-state index in [1.54, 1.807) is 11.8 Å². The Kier molecular flexibility index (Phi) is 5.57. The summed E-state index contributed by atoms with van der Waals surface area (Å²) in [5, 5.41) is 10.1. The van der Waals surface area contributed by atoms with E-state index in [2.05, 4.69) is 0 Å². The van der Waals surface area contributed by atoms with Crippen LogP contribution in [0.5, 0.6) is 11.5 Å². The van der Waals surface area contributed by atoms with Gasteiger partial charge >= 0.3 is 0 Å². The Hall–Kier alpha value is -0.910. The van der Waals surface area contributed by atoms with Crippen LogP contribution in [-0.2, 0) is 0 Å². The molecule has 1 atom stereocenters. The van der Waals surface area contributed by atoms with Crippen molar-refractivity contribution in [2.24, 2.45) is 5.73 Å². The maximum Gasteiger partial charge on any atom is 0.162 e. The average Bonchev–Trinajstić information content (AvgIpc) is 2.51. The molecular formula is C15H23NO3S. The Morgan fingerprint density at radius 3 is 2.75 bits per heavy atom. The van der Waals surface area contributed by atoms with E-state index in [1.807, 2.05) is 25.1 Å². The number of fused-ring (bicyclic) bond motifs is 1. The van der Waals surface area contributed by atoms with Gasteiger partial charge in [0.1, 0.15) is 13.2 Å². The van der Waals surface area contributed by atoms with Crippen LogP contribution in [-0.4, -0.2) is 36.2 Å². The van der Waals surface area contributed by atoms with Gasteiger partial charge in [0.05, 0.1) is 5.60 Å². The molecule has 1 aliphatic heterocycles. The van der Waals surface area contributed by atoms with E-state index in [0.29, 0.717) is 26.2 Å². The highest BCUT2D eigenvalue weighted by Crippen LogP contribution is 2.34. The van der Waals surface area contributed by atoms with Crippen molar-refractivity contribution in [3.63, 3.8) is 0 Å². The van der Waals surface area contributed by atoms with Crippen LogP contribution in [0.1, 0.15) is 26.2 Å². The molecule has 0 saturated carbocycles. The van der Waals surface area contributed by atoms with Gasteiger partial charge in [-0.15, -0.1) is 11.8 Å². The Bertz CT molecular complexity index is 435. The van der Waals surface area contributed by atoms with Gasteiger partial charge in [-0.05, 0) is 43.2 Å². The third kappa shape index (κ3) is 4.04. The van der Waals surface area contributed by atoms with Crippen molar-refractivity contribution in [1.82, 2.24) is 0 Å². The van der Waals surface area contributed by atoms with Crippen LogP contribution < -0.4 is 15.2 Å². The predicted octanol–water partition coefficient (Wildman–Crippen LogP) is 2.43. The number of hydrogen-bond donors (Lipinski definition) is 2. The molecule has 0 fully saturated rings. The molecule has 0 bridgehead atoms. The molecule has 2 rings (SSSR count). The molecule has 0 amide bonds. The largest absolute Gasteiger partial charge is 0.486 e. The second-order valence-electron chi connectivity index (χ2n) is 5.04. The maximum absolute atomic E-state index is 10.1. The fourth-order valence-corrected chi connectivity index (χ4v) is 3.01. The minimum absolute atomic E-state index is 0.332. The lowest BCUT2D eigenvalue weighted by Crippen LogP contribution is -2.36. The third-order valence-corrected chi connectivity index (χ3v) is 4.69. The first-order valence-corrected chi connectivity index (χ1v) is 8.10. The zero-order valence-corrected chi connectivity index (χ0v) is 12.7. The fourth-order valence-electron chi connectivity index (χ4n) is 2.13. The van der Waals surface area contributed by atoms with E-state index in [9.17, 15) is 5.11 Å². The molecule has 0 aromatic heterocycles. The van der Waals surface area contributed by atoms with Crippen molar-refractivity contribution < 1.29 is 14.6 Å². The highest BCUT2D eigenvalue weighted by Gasteiger charge is 2.21. The fraction of sp³-hybridized carbons (Fsp3) is 0.600. The summed E-state index contributed by atoms with van der Waals surface area (Å²) in [6, 6.07) is 6.03. The molecule has 1 unspecified atom stereocenters. The van der Waals surface area contributed by atoms with E-state index < -0.39 is 5.60 Å². The van der Waals surface area contributed by atoms with Crippen LogP contribution in [0.25, 0.3) is 0 Å². The molecule has 0 aliphatic carbocycles. The van der Waals surface area contributed by atoms with E-state index >= 15 is 0 Å². The number of nitrogens with two attached hydrogens (primary N) is 1. The van der Waals surface area contributed by atoms with Gasteiger partial charge in [-0.1, -0.05) is 6.92 Å². The Morgan fingerprint density at radius 1 is 1.30 bits per heavy atom. The van der Waals surface area contributed by atoms with Crippen molar-refractivity contribution in [3.05, 3.63) is 18.2 Å². The number of ether oxygens (including phenoxy) is 2. The van der Waals surface area contributed by atoms with E-state index in [-0.39, 0.29) is 0 Å². The van der Waals surface area contributed by atoms with Gasteiger partial charge in [-0.25, -0.2) is 0 Å². The van der Waals surface area contributed by atoms with E-state index in [1.165, 1.54) is 4.90 Å². The van der Waals surface area contributed by atoms with Crippen LogP contribution in [0, 0.1) is 0 Å². The SMILES string of the molecule is CCC(O)(CN)CCCSc1ccc2c(c1)OCCO2. The van der Waals surface area contributed by atoms with Gasteiger partial charge in [0.15, 0.2) is 11.5 Å². The quantitative estimate of drug-likeness (QED) is 0.598. The molecular weight excluding hydrogens is 274 g/mol. The normalized spacial score (nSPS) is 16.8. The molecule has 0 radical (unpaired) electrons. The average molecular weight is 297 g/mol. The monoisotopic (exact) mass is 297 g/mol. The summed E-state index contributed by atoms with van der Waals surface area (Å²) in [6.45, 7) is 3.54. The molecule has 1 heterocycles. The van der Waals surface area contributed by atoms with Crippen molar-refractivity contribution in [3.8, 4) is 11.5 Å². The van der Waals surface area contributed by atoms with Crippen molar-refractivity contribution >= 4 is 11.8 Å². The van der Waals surface area contributed by atoms with Crippen LogP contribution in [0.4, 0.5) is 0 Å². The van der Waals surface area contributed by atoms with Crippen LogP contribution in [0.3, 0.4) is 0 Å². The minimum Gasteiger partial charge on any atom is -0.486 e. The number of aliphatic hydroxyl groups is 1. The van der Waals surface area contributed by atoms with Crippen LogP contribution in [0.2, 0.25) is 0 Å². The lowest BCUT2D eigenvalue weighted by molar-refractivity contribution is 0.0360. The predicted molar refractivity (Wildman–Crippen MR) is 81.7 cm³/mol. The molecule has 0 spiro atoms. The van der Waals surface area contributed by atoms with Crippen LogP contribution in [0.15, 0.2) is 23.1 Å². The number of rotatable bonds is 7. The van der Waals surface area contributed by atoms with Gasteiger partial charge in [0, 0.05) is 11.4 Å². The highest BCUT2D eigenvalue weighted by atomic mass is 32.2. The van der Waals surface area contributed by atoms with Crippen molar-refractivity contribution in [2.75, 3.05) is 25.5 Å². The molecule has 4 nitrogen and oxygen atoms in total. The summed E-state index contributed by atoms with van der Waals surface area (Å²) in [5.74, 6) is 2.61. The molecule has 1 aromatic carbocycles. The van der Waals surface area contributed by atoms with Gasteiger partial charge in [-0.2, -0.15) is 0 Å². The second kappa shape index (κ2) is 7.20. The summed E-state index contributed by atoms with van der Waals surface area (Å²) in [5.41, 5.74) is 4.90. The first-order valence-electron chi connectivity index (χ1n) is 7.12. The zero-order valence-electron chi connectivity index (χ0n) is 11.9. The summed E-state index contributed by atoms with van der Waals surface area (Å²) < 4.78 is 11.1. The molecule has 0 saturated heterocycles. The number of benzene rings is 1.